The maximum Gasteiger partial charge on any atom is 0.241 e. The van der Waals surface area contributed by atoms with Crippen LogP contribution < -0.4 is 0 Å². The first-order chi connectivity index (χ1) is 16.3. The Morgan fingerprint density at radius 3 is 2.44 bits per heavy atom. The second-order valence-electron chi connectivity index (χ2n) is 9.11. The van der Waals surface area contributed by atoms with Crippen molar-refractivity contribution < 1.29 is 14.4 Å². The minimum atomic E-state index is -1.20. The van der Waals surface area contributed by atoms with Crippen LogP contribution in [0.3, 0.4) is 0 Å². The third kappa shape index (κ3) is 4.64. The molecule has 0 spiro atoms. The smallest absolute Gasteiger partial charge is 0.241 e. The Balaban J connectivity index is 1.59. The number of amides is 3. The molecule has 3 amide bonds. The number of carbonyl (C=O) groups excluding carboxylic acids is 3. The number of aromatic nitrogens is 2. The van der Waals surface area contributed by atoms with E-state index in [1.807, 2.05) is 74.8 Å². The van der Waals surface area contributed by atoms with Gasteiger partial charge in [-0.05, 0) is 35.6 Å². The van der Waals surface area contributed by atoms with E-state index in [4.69, 9.17) is 0 Å². The maximum absolute atomic E-state index is 13.9. The van der Waals surface area contributed by atoms with Gasteiger partial charge in [0.1, 0.15) is 0 Å². The summed E-state index contributed by atoms with van der Waals surface area (Å²) in [5.74, 6) is -0.706. The van der Waals surface area contributed by atoms with E-state index in [1.54, 1.807) is 22.8 Å². The van der Waals surface area contributed by atoms with Gasteiger partial charge in [0, 0.05) is 39.7 Å². The molecule has 1 saturated heterocycles. The van der Waals surface area contributed by atoms with Crippen molar-refractivity contribution in [1.29, 1.82) is 0 Å². The van der Waals surface area contributed by atoms with Gasteiger partial charge in [0.05, 0.1) is 18.2 Å². The summed E-state index contributed by atoms with van der Waals surface area (Å²) >= 11 is 0. The summed E-state index contributed by atoms with van der Waals surface area (Å²) in [6.45, 7) is 2.63. The number of carbonyl (C=O) groups is 3. The molecule has 0 unspecified atom stereocenters. The van der Waals surface area contributed by atoms with E-state index in [0.717, 1.165) is 22.3 Å². The Kier molecular flexibility index (Phi) is 6.63. The van der Waals surface area contributed by atoms with Gasteiger partial charge in [0.15, 0.2) is 0 Å². The first-order valence-corrected chi connectivity index (χ1v) is 11.5. The predicted octanol–water partition coefficient (Wildman–Crippen LogP) is 3.02. The SMILES string of the molecule is Cc1ccccc1[C@@]1(CC(=O)N(C)CCc2cnn(C)c2)CC(=O)N(Cc2ccccc2)C1=O. The predicted molar refractivity (Wildman–Crippen MR) is 129 cm³/mol. The average molecular weight is 459 g/mol. The zero-order chi connectivity index (χ0) is 24.3. The first kappa shape index (κ1) is 23.4. The van der Waals surface area contributed by atoms with Gasteiger partial charge in [-0.25, -0.2) is 0 Å². The minimum Gasteiger partial charge on any atom is -0.345 e. The molecule has 34 heavy (non-hydrogen) atoms. The van der Waals surface area contributed by atoms with Crippen LogP contribution in [0.1, 0.15) is 35.1 Å². The molecule has 0 aliphatic carbocycles. The van der Waals surface area contributed by atoms with Crippen LogP contribution in [0.25, 0.3) is 0 Å². The number of likely N-dealkylation sites (tertiary alicyclic amines) is 1. The van der Waals surface area contributed by atoms with Crippen molar-refractivity contribution in [1.82, 2.24) is 19.6 Å². The van der Waals surface area contributed by atoms with Crippen molar-refractivity contribution in [3.8, 4) is 0 Å². The Bertz CT molecular complexity index is 1200. The van der Waals surface area contributed by atoms with Crippen LogP contribution in [0.15, 0.2) is 67.0 Å². The molecule has 1 aromatic heterocycles. The summed E-state index contributed by atoms with van der Waals surface area (Å²) in [4.78, 5) is 43.3. The van der Waals surface area contributed by atoms with Crippen molar-refractivity contribution >= 4 is 17.7 Å². The van der Waals surface area contributed by atoms with E-state index < -0.39 is 5.41 Å². The molecule has 2 aromatic carbocycles. The molecular formula is C27H30N4O3. The fraction of sp³-hybridized carbons (Fsp3) is 0.333. The Hall–Kier alpha value is -3.74. The molecule has 1 aliphatic heterocycles. The third-order valence-electron chi connectivity index (χ3n) is 6.63. The Labute approximate surface area is 200 Å². The molecule has 4 rings (SSSR count). The molecule has 1 aliphatic rings. The van der Waals surface area contributed by atoms with E-state index in [1.165, 1.54) is 4.90 Å². The molecule has 7 heteroatoms. The van der Waals surface area contributed by atoms with E-state index >= 15 is 0 Å². The average Bonchev–Trinajstić information content (AvgIpc) is 3.34. The summed E-state index contributed by atoms with van der Waals surface area (Å²) in [5, 5.41) is 4.17. The van der Waals surface area contributed by atoms with Crippen LogP contribution in [0.5, 0.6) is 0 Å². The van der Waals surface area contributed by atoms with Gasteiger partial charge < -0.3 is 4.90 Å². The zero-order valence-electron chi connectivity index (χ0n) is 19.9. The molecule has 7 nitrogen and oxygen atoms in total. The lowest BCUT2D eigenvalue weighted by molar-refractivity contribution is -0.143. The summed E-state index contributed by atoms with van der Waals surface area (Å²) in [7, 11) is 3.60. The maximum atomic E-state index is 13.9. The van der Waals surface area contributed by atoms with Gasteiger partial charge in [0.2, 0.25) is 17.7 Å². The standard InChI is InChI=1S/C27H30N4O3/c1-20-9-7-8-12-23(20)27(15-24(32)29(2)14-13-22-17-28-30(3)18-22)16-25(33)31(26(27)34)19-21-10-5-4-6-11-21/h4-12,17-18H,13-16,19H2,1-3H3/t27-/m1/s1. The highest BCUT2D eigenvalue weighted by molar-refractivity contribution is 6.10. The summed E-state index contributed by atoms with van der Waals surface area (Å²) in [6.07, 6.45) is 4.32. The largest absolute Gasteiger partial charge is 0.345 e. The van der Waals surface area contributed by atoms with Crippen LogP contribution in [0.4, 0.5) is 0 Å². The third-order valence-corrected chi connectivity index (χ3v) is 6.63. The van der Waals surface area contributed by atoms with E-state index in [2.05, 4.69) is 5.10 Å². The molecule has 1 atom stereocenters. The van der Waals surface area contributed by atoms with Crippen molar-refractivity contribution in [3.63, 3.8) is 0 Å². The number of hydrogen-bond donors (Lipinski definition) is 0. The summed E-state index contributed by atoms with van der Waals surface area (Å²) in [6, 6.07) is 17.0. The lowest BCUT2D eigenvalue weighted by Crippen LogP contribution is -2.43. The number of aryl methyl sites for hydroxylation is 2. The van der Waals surface area contributed by atoms with Gasteiger partial charge in [-0.3, -0.25) is 24.0 Å². The minimum absolute atomic E-state index is 0.00823. The molecule has 0 N–H and O–H groups in total. The van der Waals surface area contributed by atoms with Gasteiger partial charge in [-0.1, -0.05) is 54.6 Å². The van der Waals surface area contributed by atoms with E-state index in [9.17, 15) is 14.4 Å². The summed E-state index contributed by atoms with van der Waals surface area (Å²) in [5.41, 5.74) is 2.37. The van der Waals surface area contributed by atoms with Gasteiger partial charge in [-0.15, -0.1) is 0 Å². The number of hydrogen-bond acceptors (Lipinski definition) is 4. The fourth-order valence-corrected chi connectivity index (χ4v) is 4.70. The van der Waals surface area contributed by atoms with Crippen LogP contribution in [-0.4, -0.2) is 50.9 Å². The normalized spacial score (nSPS) is 17.9. The number of benzene rings is 2. The second kappa shape index (κ2) is 9.63. The number of likely N-dealkylation sites (N-methyl/N-ethyl adjacent to an activating group) is 1. The first-order valence-electron chi connectivity index (χ1n) is 11.5. The molecule has 0 saturated carbocycles. The number of nitrogens with zero attached hydrogens (tertiary/aromatic N) is 4. The van der Waals surface area contributed by atoms with Crippen LogP contribution in [0, 0.1) is 6.92 Å². The van der Waals surface area contributed by atoms with Crippen molar-refractivity contribution in [3.05, 3.63) is 89.2 Å². The quantitative estimate of drug-likeness (QED) is 0.487. The van der Waals surface area contributed by atoms with Crippen molar-refractivity contribution in [2.24, 2.45) is 7.05 Å². The zero-order valence-corrected chi connectivity index (χ0v) is 19.9. The van der Waals surface area contributed by atoms with E-state index in [0.29, 0.717) is 13.0 Å². The van der Waals surface area contributed by atoms with Gasteiger partial charge in [-0.2, -0.15) is 5.10 Å². The summed E-state index contributed by atoms with van der Waals surface area (Å²) < 4.78 is 1.73. The second-order valence-corrected chi connectivity index (χ2v) is 9.11. The van der Waals surface area contributed by atoms with E-state index in [-0.39, 0.29) is 37.1 Å². The monoisotopic (exact) mass is 458 g/mol. The highest BCUT2D eigenvalue weighted by Gasteiger charge is 2.54. The Morgan fingerprint density at radius 1 is 1.06 bits per heavy atom. The highest BCUT2D eigenvalue weighted by Crippen LogP contribution is 2.42. The van der Waals surface area contributed by atoms with Gasteiger partial charge in [0.25, 0.3) is 0 Å². The molecule has 1 fully saturated rings. The van der Waals surface area contributed by atoms with Crippen molar-refractivity contribution in [2.75, 3.05) is 13.6 Å². The molecule has 0 radical (unpaired) electrons. The van der Waals surface area contributed by atoms with Crippen LogP contribution in [-0.2, 0) is 39.8 Å². The van der Waals surface area contributed by atoms with Crippen LogP contribution in [0.2, 0.25) is 0 Å². The number of rotatable bonds is 8. The fourth-order valence-electron chi connectivity index (χ4n) is 4.70. The lowest BCUT2D eigenvalue weighted by atomic mass is 9.74. The lowest BCUT2D eigenvalue weighted by Gasteiger charge is -2.30. The molecule has 2 heterocycles. The molecule has 0 bridgehead atoms. The Morgan fingerprint density at radius 2 is 1.76 bits per heavy atom. The number of imide groups is 1. The molecular weight excluding hydrogens is 428 g/mol. The van der Waals surface area contributed by atoms with Crippen molar-refractivity contribution in [2.45, 2.75) is 38.1 Å². The van der Waals surface area contributed by atoms with Gasteiger partial charge >= 0.3 is 0 Å². The molecule has 3 aromatic rings. The molecule has 176 valence electrons. The topological polar surface area (TPSA) is 75.5 Å². The van der Waals surface area contributed by atoms with Crippen LogP contribution >= 0.6 is 0 Å². The highest BCUT2D eigenvalue weighted by atomic mass is 16.2.